The van der Waals surface area contributed by atoms with Crippen LogP contribution < -0.4 is 5.32 Å². The molecule has 2 saturated carbocycles. The first-order valence-corrected chi connectivity index (χ1v) is 20.2. The molecular weight excluding hydrogens is 794 g/mol. The van der Waals surface area contributed by atoms with Crippen molar-refractivity contribution in [1.82, 2.24) is 5.32 Å². The number of benzene rings is 2. The van der Waals surface area contributed by atoms with Crippen molar-refractivity contribution >= 4 is 35.8 Å². The van der Waals surface area contributed by atoms with E-state index in [0.717, 1.165) is 13.8 Å². The zero-order valence-electron chi connectivity index (χ0n) is 35.8. The smallest absolute Gasteiger partial charge is 0.408 e. The molecule has 3 aliphatic carbocycles. The van der Waals surface area contributed by atoms with Crippen molar-refractivity contribution in [1.29, 1.82) is 0 Å². The molecule has 2 aromatic carbocycles. The molecular formula is C45H55NO15. The van der Waals surface area contributed by atoms with E-state index in [-0.39, 0.29) is 29.7 Å². The summed E-state index contributed by atoms with van der Waals surface area (Å²) in [6.45, 7) is 12.9. The number of alkyl carbamates (subject to hydrolysis) is 1. The Labute approximate surface area is 353 Å². The molecule has 1 heterocycles. The number of rotatable bonds is 9. The Morgan fingerprint density at radius 3 is 2.05 bits per heavy atom. The molecule has 2 aromatic rings. The Morgan fingerprint density at radius 2 is 1.51 bits per heavy atom. The second-order valence-electron chi connectivity index (χ2n) is 18.2. The van der Waals surface area contributed by atoms with Crippen molar-refractivity contribution in [3.05, 3.63) is 82.9 Å². The van der Waals surface area contributed by atoms with Gasteiger partial charge < -0.3 is 49.1 Å². The number of nitrogens with one attached hydrogen (secondary N) is 1. The predicted octanol–water partition coefficient (Wildman–Crippen LogP) is 3.83. The van der Waals surface area contributed by atoms with E-state index in [1.54, 1.807) is 83.1 Å². The van der Waals surface area contributed by atoms with Gasteiger partial charge >= 0.3 is 30.0 Å². The fourth-order valence-electron chi connectivity index (χ4n) is 9.80. The fourth-order valence-corrected chi connectivity index (χ4v) is 9.80. The number of ketones is 1. The van der Waals surface area contributed by atoms with Gasteiger partial charge in [0.1, 0.15) is 29.5 Å². The minimum Gasteiger partial charge on any atom is -0.456 e. The highest BCUT2D eigenvalue weighted by atomic mass is 16.6. The molecule has 4 aliphatic rings. The van der Waals surface area contributed by atoms with Crippen molar-refractivity contribution in [2.45, 2.75) is 135 Å². The number of amides is 1. The maximum absolute atomic E-state index is 15.5. The van der Waals surface area contributed by atoms with E-state index >= 15 is 4.79 Å². The number of aliphatic hydroxyl groups excluding tert-OH is 2. The van der Waals surface area contributed by atoms with Crippen LogP contribution in [-0.4, -0.2) is 111 Å². The van der Waals surface area contributed by atoms with Gasteiger partial charge in [-0.1, -0.05) is 62.4 Å². The molecule has 16 heteroatoms. The Kier molecular flexibility index (Phi) is 12.1. The first-order valence-electron chi connectivity index (χ1n) is 20.2. The van der Waals surface area contributed by atoms with Gasteiger partial charge in [0.25, 0.3) is 0 Å². The number of hydrogen-bond acceptors (Lipinski definition) is 15. The van der Waals surface area contributed by atoms with Crippen molar-refractivity contribution in [3.63, 3.8) is 0 Å². The summed E-state index contributed by atoms with van der Waals surface area (Å²) in [4.78, 5) is 82.9. The molecule has 61 heavy (non-hydrogen) atoms. The Balaban J connectivity index is 1.54. The van der Waals surface area contributed by atoms with Crippen LogP contribution in [0.1, 0.15) is 97.1 Å². The molecule has 0 aromatic heterocycles. The van der Waals surface area contributed by atoms with E-state index in [0.29, 0.717) is 5.56 Å². The molecule has 11 atom stereocenters. The van der Waals surface area contributed by atoms with Crippen LogP contribution in [0.25, 0.3) is 0 Å². The third kappa shape index (κ3) is 7.94. The first kappa shape index (κ1) is 45.4. The Hall–Kier alpha value is -5.16. The van der Waals surface area contributed by atoms with Crippen molar-refractivity contribution < 1.29 is 72.5 Å². The Morgan fingerprint density at radius 1 is 0.902 bits per heavy atom. The molecule has 2 bridgehead atoms. The molecule has 0 radical (unpaired) electrons. The summed E-state index contributed by atoms with van der Waals surface area (Å²) >= 11 is 0. The highest BCUT2D eigenvalue weighted by Gasteiger charge is 2.78. The lowest BCUT2D eigenvalue weighted by Gasteiger charge is -2.67. The normalized spacial score (nSPS) is 32.5. The average Bonchev–Trinajstić information content (AvgIpc) is 3.17. The third-order valence-corrected chi connectivity index (χ3v) is 12.8. The molecule has 16 nitrogen and oxygen atoms in total. The van der Waals surface area contributed by atoms with Gasteiger partial charge in [-0.05, 0) is 63.5 Å². The number of carbonyl (C=O) groups is 6. The summed E-state index contributed by atoms with van der Waals surface area (Å²) in [7, 11) is 0. The molecule has 1 aliphatic heterocycles. The summed E-state index contributed by atoms with van der Waals surface area (Å²) in [5.41, 5.74) is -8.30. The molecule has 6 rings (SSSR count). The molecule has 1 saturated heterocycles. The Bertz CT molecular complexity index is 2100. The fraction of sp³-hybridized carbons (Fsp3) is 0.556. The first-order chi connectivity index (χ1) is 28.4. The predicted molar refractivity (Wildman–Crippen MR) is 213 cm³/mol. The minimum atomic E-state index is -2.40. The van der Waals surface area contributed by atoms with Crippen LogP contribution >= 0.6 is 0 Å². The molecule has 3 fully saturated rings. The number of hydrogen-bond donors (Lipinski definition) is 4. The summed E-state index contributed by atoms with van der Waals surface area (Å²) in [5, 5.41) is 39.9. The molecule has 1 unspecified atom stereocenters. The van der Waals surface area contributed by atoms with Crippen LogP contribution in [0.3, 0.4) is 0 Å². The van der Waals surface area contributed by atoms with E-state index < -0.39 is 118 Å². The van der Waals surface area contributed by atoms with Crippen molar-refractivity contribution in [2.75, 3.05) is 6.61 Å². The maximum atomic E-state index is 15.5. The minimum absolute atomic E-state index is 0.0126. The topological polar surface area (TPSA) is 231 Å². The average molecular weight is 850 g/mol. The van der Waals surface area contributed by atoms with Gasteiger partial charge in [-0.3, -0.25) is 14.4 Å². The lowest BCUT2D eigenvalue weighted by Crippen LogP contribution is -2.82. The van der Waals surface area contributed by atoms with E-state index in [9.17, 15) is 39.3 Å². The van der Waals surface area contributed by atoms with Gasteiger partial charge in [0, 0.05) is 32.1 Å². The van der Waals surface area contributed by atoms with Gasteiger partial charge in [0.2, 0.25) is 0 Å². The van der Waals surface area contributed by atoms with Crippen LogP contribution in [0.15, 0.2) is 71.8 Å². The van der Waals surface area contributed by atoms with E-state index in [2.05, 4.69) is 5.32 Å². The quantitative estimate of drug-likeness (QED) is 0.160. The number of fused-ring (bicyclic) bond motifs is 5. The van der Waals surface area contributed by atoms with Crippen LogP contribution in [0.2, 0.25) is 0 Å². The number of carbonyl (C=O) groups excluding carboxylic acids is 6. The molecule has 4 N–H and O–H groups in total. The maximum Gasteiger partial charge on any atom is 0.408 e. The second-order valence-corrected chi connectivity index (χ2v) is 18.2. The van der Waals surface area contributed by atoms with Crippen LogP contribution in [-0.2, 0) is 47.6 Å². The summed E-state index contributed by atoms with van der Waals surface area (Å²) in [6, 6.07) is 14.5. The van der Waals surface area contributed by atoms with Crippen LogP contribution in [0.4, 0.5) is 4.79 Å². The molecule has 0 spiro atoms. The van der Waals surface area contributed by atoms with Crippen LogP contribution in [0.5, 0.6) is 0 Å². The van der Waals surface area contributed by atoms with Gasteiger partial charge in [0.05, 0.1) is 35.6 Å². The lowest BCUT2D eigenvalue weighted by atomic mass is 9.44. The second kappa shape index (κ2) is 16.3. The number of Topliss-reactive ketones (excluding diaryl/α,β-unsaturated/α-hetero) is 1. The number of esters is 4. The van der Waals surface area contributed by atoms with Gasteiger partial charge in [-0.25, -0.2) is 14.4 Å². The highest BCUT2D eigenvalue weighted by molar-refractivity contribution is 5.95. The summed E-state index contributed by atoms with van der Waals surface area (Å²) < 4.78 is 35.6. The summed E-state index contributed by atoms with van der Waals surface area (Å²) in [5.74, 6) is -6.30. The molecule has 1 amide bonds. The zero-order chi connectivity index (χ0) is 45.0. The third-order valence-electron chi connectivity index (χ3n) is 12.8. The summed E-state index contributed by atoms with van der Waals surface area (Å²) in [6.07, 6.45) is -11.5. The van der Waals surface area contributed by atoms with Crippen molar-refractivity contribution in [3.8, 4) is 0 Å². The van der Waals surface area contributed by atoms with Gasteiger partial charge in [-0.2, -0.15) is 0 Å². The largest absolute Gasteiger partial charge is 0.456 e. The van der Waals surface area contributed by atoms with E-state index in [1.165, 1.54) is 26.0 Å². The zero-order valence-corrected chi connectivity index (χ0v) is 35.8. The number of aliphatic hydroxyl groups is 3. The van der Waals surface area contributed by atoms with Crippen LogP contribution in [0, 0.1) is 16.7 Å². The van der Waals surface area contributed by atoms with Crippen molar-refractivity contribution in [2.24, 2.45) is 16.7 Å². The lowest BCUT2D eigenvalue weighted by molar-refractivity contribution is -0.346. The van der Waals surface area contributed by atoms with Gasteiger partial charge in [0.15, 0.2) is 23.6 Å². The SMILES string of the molecule is CC(=O)O[C@H]1C(=O)[C@]2(C)[C@@H](O)C[C@H]3OCC3(OC(C)=O)[C@@H]2[C@H](OC(=O)c2ccccc2)[C@]2(O)C[C@@H](OC(=O)[C@H](O)[C@@H](NC(=O)OC(C)(C)C)c3ccccc3)C(C)=C1C2(C)C. The molecule has 330 valence electrons. The standard InChI is InChI=1S/C45H55NO15/c1-23-28(58-39(53)33(50)32(26-16-12-10-13-17-26)46-40(54)61-41(4,5)6)21-45(55)37(59-38(52)27-18-14-11-15-19-27)35-43(9,29(49)20-30-44(35,22-56-30)60-25(3)48)36(51)34(57-24(2)47)31(23)42(45,7)8/h10-19,28-30,32-35,37,49-50,55H,20-22H2,1-9H3,(H,46,54)/t28-,29+,30-,32+,33-,34-,35-,37+,43-,44?,45-/m1/s1. The monoisotopic (exact) mass is 849 g/mol. The van der Waals surface area contributed by atoms with E-state index in [1.807, 2.05) is 0 Å². The highest BCUT2D eigenvalue weighted by Crippen LogP contribution is 2.64. The van der Waals surface area contributed by atoms with Gasteiger partial charge in [-0.15, -0.1) is 0 Å². The number of ether oxygens (including phenoxy) is 6. The van der Waals surface area contributed by atoms with E-state index in [4.69, 9.17) is 28.4 Å².